The first-order valence-electron chi connectivity index (χ1n) is 13.2. The number of ether oxygens (including phenoxy) is 1. The van der Waals surface area contributed by atoms with Crippen molar-refractivity contribution in [1.82, 2.24) is 0 Å². The van der Waals surface area contributed by atoms with E-state index in [4.69, 9.17) is 9.84 Å². The highest BCUT2D eigenvalue weighted by Crippen LogP contribution is 2.16. The van der Waals surface area contributed by atoms with Crippen LogP contribution in [0.3, 0.4) is 0 Å². The summed E-state index contributed by atoms with van der Waals surface area (Å²) in [5, 5.41) is 8.65. The van der Waals surface area contributed by atoms with Crippen molar-refractivity contribution in [3.8, 4) is 0 Å². The smallest absolute Gasteiger partial charge is 0.303 e. The lowest BCUT2D eigenvalue weighted by Gasteiger charge is -2.17. The zero-order chi connectivity index (χ0) is 23.7. The Balaban J connectivity index is 3.67. The number of carboxylic acids is 1. The molecule has 0 fully saturated rings. The summed E-state index contributed by atoms with van der Waals surface area (Å²) in [6.45, 7) is 3.75. The Morgan fingerprint density at radius 2 is 1.22 bits per heavy atom. The number of carboxylic acid groups (broad SMARTS) is 1. The van der Waals surface area contributed by atoms with E-state index < -0.39 is 5.97 Å². The maximum atomic E-state index is 11.4. The predicted molar refractivity (Wildman–Crippen MR) is 135 cm³/mol. The van der Waals surface area contributed by atoms with Crippen molar-refractivity contribution in [2.45, 2.75) is 142 Å². The number of hydrogen-bond donors (Lipinski definition) is 1. The van der Waals surface area contributed by atoms with E-state index in [0.29, 0.717) is 0 Å². The molecule has 4 heteroatoms. The quantitative estimate of drug-likeness (QED) is 0.0962. The number of aliphatic carboxylic acids is 1. The number of hydrogen-bond acceptors (Lipinski definition) is 3. The van der Waals surface area contributed by atoms with E-state index in [1.54, 1.807) is 0 Å². The van der Waals surface area contributed by atoms with E-state index in [1.807, 2.05) is 0 Å². The Hall–Kier alpha value is -1.58. The number of carbonyl (C=O) groups excluding carboxylic acids is 1. The number of allylic oxidation sites excluding steroid dienone is 4. The van der Waals surface area contributed by atoms with Crippen LogP contribution in [0, 0.1) is 0 Å². The number of rotatable bonds is 23. The van der Waals surface area contributed by atoms with E-state index in [0.717, 1.165) is 64.2 Å². The Labute approximate surface area is 197 Å². The van der Waals surface area contributed by atoms with Gasteiger partial charge in [-0.05, 0) is 64.2 Å². The van der Waals surface area contributed by atoms with E-state index >= 15 is 0 Å². The third-order valence-electron chi connectivity index (χ3n) is 5.73. The molecule has 0 aliphatic rings. The zero-order valence-corrected chi connectivity index (χ0v) is 21.0. The maximum Gasteiger partial charge on any atom is 0.303 e. The summed E-state index contributed by atoms with van der Waals surface area (Å²) in [7, 11) is 0. The molecule has 0 bridgehead atoms. The van der Waals surface area contributed by atoms with Gasteiger partial charge in [-0.25, -0.2) is 0 Å². The zero-order valence-electron chi connectivity index (χ0n) is 21.0. The van der Waals surface area contributed by atoms with Gasteiger partial charge in [0.15, 0.2) is 0 Å². The summed E-state index contributed by atoms with van der Waals surface area (Å²) < 4.78 is 5.49. The summed E-state index contributed by atoms with van der Waals surface area (Å²) in [6, 6.07) is 0. The molecule has 0 saturated carbocycles. The second-order valence-corrected chi connectivity index (χ2v) is 8.95. The molecule has 0 aromatic carbocycles. The Morgan fingerprint density at radius 1 is 0.719 bits per heavy atom. The molecule has 1 unspecified atom stereocenters. The molecule has 0 aliphatic carbocycles. The van der Waals surface area contributed by atoms with E-state index in [9.17, 15) is 9.59 Å². The molecule has 0 radical (unpaired) electrons. The van der Waals surface area contributed by atoms with E-state index in [2.05, 4.69) is 31.2 Å². The highest BCUT2D eigenvalue weighted by atomic mass is 16.5. The summed E-state index contributed by atoms with van der Waals surface area (Å²) in [5.74, 6) is -0.899. The molecule has 1 atom stereocenters. The van der Waals surface area contributed by atoms with Crippen LogP contribution in [-0.2, 0) is 14.3 Å². The largest absolute Gasteiger partial charge is 0.481 e. The molecule has 0 heterocycles. The second kappa shape index (κ2) is 24.1. The van der Waals surface area contributed by atoms with Crippen LogP contribution in [0.5, 0.6) is 0 Å². The summed E-state index contributed by atoms with van der Waals surface area (Å²) >= 11 is 0. The first kappa shape index (κ1) is 30.4. The standard InChI is InChI=1S/C28H50O4/c1-3-4-5-6-7-8-9-10-11-12-13-14-15-17-20-23-27(32-26(2)29)24-21-18-16-19-22-25-28(30)31/h9-10,12-13,27H,3-8,11,14-25H2,1-2H3,(H,30,31)/b10-9-,13-12-. The van der Waals surface area contributed by atoms with Gasteiger partial charge in [0.05, 0.1) is 0 Å². The second-order valence-electron chi connectivity index (χ2n) is 8.95. The maximum absolute atomic E-state index is 11.4. The Bertz CT molecular complexity index is 496. The summed E-state index contributed by atoms with van der Waals surface area (Å²) in [5.41, 5.74) is 0. The molecule has 32 heavy (non-hydrogen) atoms. The summed E-state index contributed by atoms with van der Waals surface area (Å²) in [6.07, 6.45) is 29.8. The molecule has 4 nitrogen and oxygen atoms in total. The van der Waals surface area contributed by atoms with Crippen LogP contribution in [0.2, 0.25) is 0 Å². The highest BCUT2D eigenvalue weighted by Gasteiger charge is 2.11. The van der Waals surface area contributed by atoms with Crippen LogP contribution in [0.4, 0.5) is 0 Å². The fourth-order valence-corrected chi connectivity index (χ4v) is 3.86. The number of carbonyl (C=O) groups is 2. The molecule has 0 saturated heterocycles. The monoisotopic (exact) mass is 450 g/mol. The molecule has 0 spiro atoms. The van der Waals surface area contributed by atoms with Gasteiger partial charge in [-0.1, -0.05) is 82.6 Å². The van der Waals surface area contributed by atoms with E-state index in [1.165, 1.54) is 58.3 Å². The molecule has 0 amide bonds. The lowest BCUT2D eigenvalue weighted by Crippen LogP contribution is -2.16. The third kappa shape index (κ3) is 24.7. The third-order valence-corrected chi connectivity index (χ3v) is 5.73. The molecule has 186 valence electrons. The molecule has 0 rings (SSSR count). The van der Waals surface area contributed by atoms with Crippen molar-refractivity contribution in [2.24, 2.45) is 0 Å². The number of unbranched alkanes of at least 4 members (excludes halogenated alkanes) is 12. The average molecular weight is 451 g/mol. The molecule has 0 aromatic heterocycles. The Morgan fingerprint density at radius 3 is 1.78 bits per heavy atom. The van der Waals surface area contributed by atoms with Crippen LogP contribution in [0.25, 0.3) is 0 Å². The van der Waals surface area contributed by atoms with Crippen LogP contribution in [0.1, 0.15) is 136 Å². The van der Waals surface area contributed by atoms with Crippen molar-refractivity contribution in [1.29, 1.82) is 0 Å². The van der Waals surface area contributed by atoms with Gasteiger partial charge < -0.3 is 9.84 Å². The van der Waals surface area contributed by atoms with Crippen LogP contribution in [0.15, 0.2) is 24.3 Å². The average Bonchev–Trinajstić information content (AvgIpc) is 2.74. The van der Waals surface area contributed by atoms with Gasteiger partial charge in [-0.2, -0.15) is 0 Å². The first-order valence-corrected chi connectivity index (χ1v) is 13.2. The fraction of sp³-hybridized carbons (Fsp3) is 0.786. The highest BCUT2D eigenvalue weighted by molar-refractivity contribution is 5.66. The van der Waals surface area contributed by atoms with Gasteiger partial charge in [0.2, 0.25) is 0 Å². The van der Waals surface area contributed by atoms with Crippen molar-refractivity contribution < 1.29 is 19.4 Å². The van der Waals surface area contributed by atoms with Gasteiger partial charge in [-0.15, -0.1) is 0 Å². The molecule has 1 N–H and O–H groups in total. The minimum absolute atomic E-state index is 0.0363. The van der Waals surface area contributed by atoms with Crippen molar-refractivity contribution in [3.05, 3.63) is 24.3 Å². The number of esters is 1. The Kier molecular flexibility index (Phi) is 22.9. The lowest BCUT2D eigenvalue weighted by molar-refractivity contribution is -0.147. The minimum atomic E-state index is -0.712. The molecule has 0 aromatic rings. The van der Waals surface area contributed by atoms with Crippen molar-refractivity contribution in [3.63, 3.8) is 0 Å². The van der Waals surface area contributed by atoms with Gasteiger partial charge in [0.1, 0.15) is 6.10 Å². The van der Waals surface area contributed by atoms with Gasteiger partial charge in [0, 0.05) is 13.3 Å². The van der Waals surface area contributed by atoms with Gasteiger partial charge >= 0.3 is 11.9 Å². The molecular weight excluding hydrogens is 400 g/mol. The summed E-state index contributed by atoms with van der Waals surface area (Å²) in [4.78, 5) is 21.9. The van der Waals surface area contributed by atoms with Gasteiger partial charge in [-0.3, -0.25) is 9.59 Å². The topological polar surface area (TPSA) is 63.6 Å². The van der Waals surface area contributed by atoms with Crippen LogP contribution in [-0.4, -0.2) is 23.1 Å². The van der Waals surface area contributed by atoms with Gasteiger partial charge in [0.25, 0.3) is 0 Å². The molecule has 0 aliphatic heterocycles. The predicted octanol–water partition coefficient (Wildman–Crippen LogP) is 8.55. The van der Waals surface area contributed by atoms with Crippen LogP contribution >= 0.6 is 0 Å². The van der Waals surface area contributed by atoms with E-state index in [-0.39, 0.29) is 18.5 Å². The van der Waals surface area contributed by atoms with Crippen molar-refractivity contribution >= 4 is 11.9 Å². The van der Waals surface area contributed by atoms with Crippen molar-refractivity contribution in [2.75, 3.05) is 0 Å². The normalized spacial score (nSPS) is 12.6. The lowest BCUT2D eigenvalue weighted by atomic mass is 10.0. The SMILES string of the molecule is CCCCCCC/C=C\C/C=C\CCCCCC(CCCCCCCC(=O)O)OC(C)=O. The fourth-order valence-electron chi connectivity index (χ4n) is 3.86. The molecular formula is C28H50O4. The minimum Gasteiger partial charge on any atom is -0.481 e. The first-order chi connectivity index (χ1) is 15.6. The van der Waals surface area contributed by atoms with Crippen LogP contribution < -0.4 is 0 Å².